The van der Waals surface area contributed by atoms with Crippen LogP contribution in [0.5, 0.6) is 0 Å². The lowest BCUT2D eigenvalue weighted by molar-refractivity contribution is -0.174. The Morgan fingerprint density at radius 2 is 1.78 bits per heavy atom. The predicted octanol–water partition coefficient (Wildman–Crippen LogP) is 0.970. The van der Waals surface area contributed by atoms with Crippen molar-refractivity contribution in [3.05, 3.63) is 0 Å². The Hall–Kier alpha value is -1.83. The molecular weight excluding hydrogens is 350 g/mol. The van der Waals surface area contributed by atoms with Crippen molar-refractivity contribution in [1.29, 1.82) is 0 Å². The minimum atomic E-state index is -0.962. The third kappa shape index (κ3) is 3.51. The van der Waals surface area contributed by atoms with Crippen molar-refractivity contribution in [3.8, 4) is 0 Å². The highest BCUT2D eigenvalue weighted by atomic mass is 16.6. The van der Waals surface area contributed by atoms with Crippen LogP contribution in [0.15, 0.2) is 0 Å². The van der Waals surface area contributed by atoms with Crippen LogP contribution in [0.3, 0.4) is 0 Å². The second kappa shape index (κ2) is 6.96. The summed E-state index contributed by atoms with van der Waals surface area (Å²) in [7, 11) is 0. The van der Waals surface area contributed by atoms with Gasteiger partial charge in [0.25, 0.3) is 5.91 Å². The molecular formula is C19H31N3O5. The number of β-lactam (4-membered cyclic amide) rings is 1. The van der Waals surface area contributed by atoms with Gasteiger partial charge in [-0.15, -0.1) is 0 Å². The molecule has 2 unspecified atom stereocenters. The predicted molar refractivity (Wildman–Crippen MR) is 97.9 cm³/mol. The summed E-state index contributed by atoms with van der Waals surface area (Å²) in [4.78, 5) is 43.2. The Morgan fingerprint density at radius 1 is 1.15 bits per heavy atom. The summed E-state index contributed by atoms with van der Waals surface area (Å²) < 4.78 is 5.46. The summed E-state index contributed by atoms with van der Waals surface area (Å²) in [6.45, 7) is 8.98. The van der Waals surface area contributed by atoms with E-state index in [1.807, 2.05) is 0 Å². The van der Waals surface area contributed by atoms with Crippen LogP contribution in [0.25, 0.3) is 0 Å². The summed E-state index contributed by atoms with van der Waals surface area (Å²) in [5.74, 6) is -0.461. The second-order valence-corrected chi connectivity index (χ2v) is 8.92. The van der Waals surface area contributed by atoms with Gasteiger partial charge in [0.2, 0.25) is 5.91 Å². The van der Waals surface area contributed by atoms with Crippen molar-refractivity contribution in [2.75, 3.05) is 26.2 Å². The molecule has 3 rings (SSSR count). The molecule has 0 aromatic heterocycles. The normalized spacial score (nSPS) is 27.7. The van der Waals surface area contributed by atoms with Gasteiger partial charge >= 0.3 is 6.09 Å². The number of likely N-dealkylation sites (tertiary alicyclic amines) is 3. The third-order valence-corrected chi connectivity index (χ3v) is 5.66. The van der Waals surface area contributed by atoms with Crippen molar-refractivity contribution >= 4 is 17.9 Å². The highest BCUT2D eigenvalue weighted by Crippen LogP contribution is 2.41. The Morgan fingerprint density at radius 3 is 2.30 bits per heavy atom. The van der Waals surface area contributed by atoms with E-state index in [0.717, 1.165) is 19.3 Å². The number of aliphatic hydroxyl groups is 1. The van der Waals surface area contributed by atoms with Crippen molar-refractivity contribution in [2.45, 2.75) is 76.7 Å². The molecule has 3 aliphatic rings. The van der Waals surface area contributed by atoms with Gasteiger partial charge in [-0.25, -0.2) is 4.79 Å². The minimum Gasteiger partial charge on any atom is -0.444 e. The van der Waals surface area contributed by atoms with E-state index in [1.165, 1.54) is 16.7 Å². The highest BCUT2D eigenvalue weighted by Gasteiger charge is 2.63. The summed E-state index contributed by atoms with van der Waals surface area (Å²) >= 11 is 0. The van der Waals surface area contributed by atoms with Crippen LogP contribution in [0, 0.1) is 0 Å². The second-order valence-electron chi connectivity index (χ2n) is 8.92. The largest absolute Gasteiger partial charge is 0.444 e. The number of carbonyl (C=O) groups is 3. The standard InChI is InChI=1S/C19H31N3O5/c1-13(23)14(15(24)20-9-5-6-10-20)21-12-19(16(21)25)8-7-11-22(19)17(26)27-18(2,3)4/h13-14,23H,5-12H2,1-4H3/t13-,14?,19?/m1/s1. The summed E-state index contributed by atoms with van der Waals surface area (Å²) in [6, 6.07) is -0.887. The number of amides is 3. The van der Waals surface area contributed by atoms with Crippen molar-refractivity contribution in [1.82, 2.24) is 14.7 Å². The Balaban J connectivity index is 1.75. The quantitative estimate of drug-likeness (QED) is 0.736. The molecule has 27 heavy (non-hydrogen) atoms. The number of carbonyl (C=O) groups excluding carboxylic acids is 3. The molecule has 3 amide bonds. The first kappa shape index (κ1) is 19.9. The zero-order valence-corrected chi connectivity index (χ0v) is 16.7. The number of nitrogens with zero attached hydrogens (tertiary/aromatic N) is 3. The number of aliphatic hydroxyl groups excluding tert-OH is 1. The lowest BCUT2D eigenvalue weighted by atomic mass is 9.83. The monoisotopic (exact) mass is 381 g/mol. The Kier molecular flexibility index (Phi) is 5.14. The number of ether oxygens (including phenoxy) is 1. The molecule has 0 radical (unpaired) electrons. The Labute approximate surface area is 160 Å². The van der Waals surface area contributed by atoms with Gasteiger partial charge in [0.05, 0.1) is 12.6 Å². The minimum absolute atomic E-state index is 0.201. The molecule has 152 valence electrons. The first-order chi connectivity index (χ1) is 12.6. The highest BCUT2D eigenvalue weighted by molar-refractivity contribution is 5.99. The van der Waals surface area contributed by atoms with E-state index in [-0.39, 0.29) is 18.4 Å². The van der Waals surface area contributed by atoms with Gasteiger partial charge in [-0.3, -0.25) is 14.5 Å². The molecule has 0 aromatic rings. The van der Waals surface area contributed by atoms with Gasteiger partial charge < -0.3 is 19.6 Å². The number of hydrogen-bond acceptors (Lipinski definition) is 5. The molecule has 3 heterocycles. The van der Waals surface area contributed by atoms with E-state index in [9.17, 15) is 19.5 Å². The molecule has 3 saturated heterocycles. The molecule has 8 nitrogen and oxygen atoms in total. The van der Waals surface area contributed by atoms with Crippen LogP contribution in [0.2, 0.25) is 0 Å². The summed E-state index contributed by atoms with van der Waals surface area (Å²) in [6.07, 6.45) is 1.72. The molecule has 8 heteroatoms. The average molecular weight is 381 g/mol. The molecule has 0 saturated carbocycles. The lowest BCUT2D eigenvalue weighted by Crippen LogP contribution is -2.77. The number of hydrogen-bond donors (Lipinski definition) is 1. The van der Waals surface area contributed by atoms with Gasteiger partial charge in [-0.2, -0.15) is 0 Å². The molecule has 3 fully saturated rings. The maximum Gasteiger partial charge on any atom is 0.411 e. The van der Waals surface area contributed by atoms with Gasteiger partial charge in [-0.05, 0) is 53.4 Å². The number of rotatable bonds is 3. The zero-order valence-electron chi connectivity index (χ0n) is 16.7. The van der Waals surface area contributed by atoms with Crippen LogP contribution < -0.4 is 0 Å². The fraction of sp³-hybridized carbons (Fsp3) is 0.842. The van der Waals surface area contributed by atoms with E-state index in [0.29, 0.717) is 26.1 Å². The molecule has 1 spiro atoms. The van der Waals surface area contributed by atoms with Crippen LogP contribution in [-0.2, 0) is 14.3 Å². The molecule has 3 atom stereocenters. The molecule has 0 aromatic carbocycles. The fourth-order valence-corrected chi connectivity index (χ4v) is 4.40. The van der Waals surface area contributed by atoms with Crippen LogP contribution >= 0.6 is 0 Å². The first-order valence-electron chi connectivity index (χ1n) is 9.85. The van der Waals surface area contributed by atoms with Gasteiger partial charge in [0, 0.05) is 19.6 Å². The van der Waals surface area contributed by atoms with Gasteiger partial charge in [0.1, 0.15) is 17.2 Å². The van der Waals surface area contributed by atoms with E-state index in [2.05, 4.69) is 0 Å². The SMILES string of the molecule is C[C@@H](O)C(C(=O)N1CCCC1)N1CC2(CCCN2C(=O)OC(C)(C)C)C1=O. The van der Waals surface area contributed by atoms with Gasteiger partial charge in [0.15, 0.2) is 0 Å². The van der Waals surface area contributed by atoms with Gasteiger partial charge in [-0.1, -0.05) is 0 Å². The smallest absolute Gasteiger partial charge is 0.411 e. The van der Waals surface area contributed by atoms with Crippen LogP contribution in [0.4, 0.5) is 4.79 Å². The van der Waals surface area contributed by atoms with E-state index < -0.39 is 29.4 Å². The molecule has 0 aliphatic carbocycles. The van der Waals surface area contributed by atoms with E-state index in [4.69, 9.17) is 4.74 Å². The molecule has 3 aliphatic heterocycles. The maximum atomic E-state index is 13.1. The van der Waals surface area contributed by atoms with E-state index in [1.54, 1.807) is 25.7 Å². The molecule has 1 N–H and O–H groups in total. The fourth-order valence-electron chi connectivity index (χ4n) is 4.40. The van der Waals surface area contributed by atoms with Crippen molar-refractivity contribution in [3.63, 3.8) is 0 Å². The average Bonchev–Trinajstić information content (AvgIpc) is 3.22. The molecule has 0 bridgehead atoms. The van der Waals surface area contributed by atoms with Crippen molar-refractivity contribution < 1.29 is 24.2 Å². The summed E-state index contributed by atoms with van der Waals surface area (Å²) in [5.41, 5.74) is -1.57. The third-order valence-electron chi connectivity index (χ3n) is 5.66. The van der Waals surface area contributed by atoms with Crippen LogP contribution in [0.1, 0.15) is 53.4 Å². The zero-order chi connectivity index (χ0) is 20.0. The maximum absolute atomic E-state index is 13.1. The van der Waals surface area contributed by atoms with Crippen LogP contribution in [-0.4, -0.2) is 87.2 Å². The lowest BCUT2D eigenvalue weighted by Gasteiger charge is -2.53. The topological polar surface area (TPSA) is 90.4 Å². The Bertz CT molecular complexity index is 623. The van der Waals surface area contributed by atoms with Crippen molar-refractivity contribution in [2.24, 2.45) is 0 Å². The first-order valence-corrected chi connectivity index (χ1v) is 9.85. The van der Waals surface area contributed by atoms with E-state index >= 15 is 0 Å². The summed E-state index contributed by atoms with van der Waals surface area (Å²) in [5, 5.41) is 10.2.